The molecular weight excluding hydrogens is 733 g/mol. The molecule has 0 saturated carbocycles. The van der Waals surface area contributed by atoms with Gasteiger partial charge in [-0.15, -0.1) is 0 Å². The number of hydrogen-bond donors (Lipinski definition) is 1. The highest BCUT2D eigenvalue weighted by atomic mass is 16.3. The van der Waals surface area contributed by atoms with Crippen molar-refractivity contribution in [2.24, 2.45) is 0 Å². The van der Waals surface area contributed by atoms with Crippen LogP contribution in [-0.2, 0) is 5.41 Å². The van der Waals surface area contributed by atoms with Gasteiger partial charge in [-0.3, -0.25) is 4.98 Å². The highest BCUT2D eigenvalue weighted by Crippen LogP contribution is 2.52. The van der Waals surface area contributed by atoms with E-state index in [9.17, 15) is 5.11 Å². The molecule has 1 aliphatic rings. The molecule has 0 amide bonds. The van der Waals surface area contributed by atoms with E-state index >= 15 is 0 Å². The molecule has 4 heteroatoms. The van der Waals surface area contributed by atoms with Gasteiger partial charge in [0.15, 0.2) is 0 Å². The Hall–Kier alpha value is -7.56. The first-order chi connectivity index (χ1) is 29.3. The summed E-state index contributed by atoms with van der Waals surface area (Å²) >= 11 is 0. The number of hydrogen-bond acceptors (Lipinski definition) is 4. The monoisotopic (exact) mass is 772 g/mol. The van der Waals surface area contributed by atoms with Crippen molar-refractivity contribution in [2.45, 2.75) is 26.2 Å². The van der Waals surface area contributed by atoms with E-state index in [1.54, 1.807) is 0 Å². The van der Waals surface area contributed by atoms with Gasteiger partial charge < -0.3 is 9.52 Å². The number of fused-ring (bicyclic) bond motifs is 6. The number of aromatic nitrogens is 2. The summed E-state index contributed by atoms with van der Waals surface area (Å²) in [5.41, 5.74) is 18.5. The van der Waals surface area contributed by atoms with Crippen molar-refractivity contribution in [3.63, 3.8) is 0 Å². The maximum absolute atomic E-state index is 11.7. The number of nitrogens with zero attached hydrogens (tertiary/aromatic N) is 2. The number of aryl methyl sites for hydroxylation is 1. The summed E-state index contributed by atoms with van der Waals surface area (Å²) in [6.45, 7) is 6.56. The summed E-state index contributed by atoms with van der Waals surface area (Å²) in [5, 5.41) is 13.9. The SMILES string of the molecule is Cc1cc(-c2cccc3c2oc2c(-c4ccccc4)cccc23)cc(-c2cccc(-c3cc(-c4ccccc4)cc(-c4cc5c(cc4O)-c4ccccc4C5(C)C)n3)c2)n1. The van der Waals surface area contributed by atoms with Crippen LogP contribution in [0.15, 0.2) is 186 Å². The predicted octanol–water partition coefficient (Wildman–Crippen LogP) is 14.7. The van der Waals surface area contributed by atoms with Crippen LogP contribution in [0.3, 0.4) is 0 Å². The Kier molecular flexibility index (Phi) is 8.18. The summed E-state index contributed by atoms with van der Waals surface area (Å²) < 4.78 is 6.80. The van der Waals surface area contributed by atoms with Crippen LogP contribution in [0.5, 0.6) is 5.75 Å². The van der Waals surface area contributed by atoms with Gasteiger partial charge >= 0.3 is 0 Å². The first-order valence-corrected chi connectivity index (χ1v) is 20.4. The molecule has 4 nitrogen and oxygen atoms in total. The molecule has 1 N–H and O–H groups in total. The standard InChI is InChI=1S/C56H40N2O2/c1-34-27-40(42-23-14-25-45-44-24-13-22-41(54(44)60-55(42)45)36-17-8-5-9-18-36)31-50(57-34)37-19-12-20-38(28-37)51-29-39(35-15-6-4-7-16-35)30-52(58-51)47-32-49-46(33-53(47)59)43-21-10-11-26-48(43)56(49,2)3/h4-33,59H,1-3H3. The van der Waals surface area contributed by atoms with E-state index in [1.165, 1.54) is 16.7 Å². The van der Waals surface area contributed by atoms with Crippen molar-refractivity contribution in [3.8, 4) is 84.0 Å². The van der Waals surface area contributed by atoms with Crippen molar-refractivity contribution >= 4 is 21.9 Å². The number of rotatable bonds is 6. The molecule has 0 spiro atoms. The lowest BCUT2D eigenvalue weighted by Crippen LogP contribution is -2.15. The lowest BCUT2D eigenvalue weighted by atomic mass is 9.81. The van der Waals surface area contributed by atoms with E-state index < -0.39 is 0 Å². The van der Waals surface area contributed by atoms with E-state index in [4.69, 9.17) is 14.4 Å². The topological polar surface area (TPSA) is 59.2 Å². The number of pyridine rings is 2. The Morgan fingerprint density at radius 2 is 0.950 bits per heavy atom. The Bertz CT molecular complexity index is 3310. The molecule has 3 aromatic heterocycles. The summed E-state index contributed by atoms with van der Waals surface area (Å²) in [4.78, 5) is 10.4. The van der Waals surface area contributed by atoms with Gasteiger partial charge in [0.1, 0.15) is 16.9 Å². The second kappa shape index (κ2) is 13.8. The zero-order valence-electron chi connectivity index (χ0n) is 33.6. The Labute approximate surface area is 349 Å². The fourth-order valence-electron chi connectivity index (χ4n) is 9.26. The highest BCUT2D eigenvalue weighted by molar-refractivity contribution is 6.13. The lowest BCUT2D eigenvalue weighted by Gasteiger charge is -2.22. The number of aromatic hydroxyl groups is 1. The van der Waals surface area contributed by atoms with Crippen molar-refractivity contribution in [1.82, 2.24) is 9.97 Å². The summed E-state index contributed by atoms with van der Waals surface area (Å²) in [6.07, 6.45) is 0. The summed E-state index contributed by atoms with van der Waals surface area (Å²) in [5.74, 6) is 0.214. The van der Waals surface area contributed by atoms with E-state index in [0.29, 0.717) is 11.3 Å². The normalized spacial score (nSPS) is 12.8. The Morgan fingerprint density at radius 3 is 1.67 bits per heavy atom. The van der Waals surface area contributed by atoms with Gasteiger partial charge in [0.25, 0.3) is 0 Å². The van der Waals surface area contributed by atoms with E-state index in [0.717, 1.165) is 89.1 Å². The smallest absolute Gasteiger partial charge is 0.143 e. The maximum Gasteiger partial charge on any atom is 0.143 e. The van der Waals surface area contributed by atoms with Gasteiger partial charge in [0.2, 0.25) is 0 Å². The molecule has 11 rings (SSSR count). The molecule has 10 aromatic rings. The van der Waals surface area contributed by atoms with Crippen LogP contribution in [0.2, 0.25) is 0 Å². The maximum atomic E-state index is 11.7. The molecule has 1 aliphatic carbocycles. The zero-order chi connectivity index (χ0) is 40.5. The van der Waals surface area contributed by atoms with Crippen LogP contribution in [-0.4, -0.2) is 15.1 Å². The molecule has 0 radical (unpaired) electrons. The third kappa shape index (κ3) is 5.83. The molecule has 3 heterocycles. The second-order valence-corrected chi connectivity index (χ2v) is 16.4. The van der Waals surface area contributed by atoms with Crippen LogP contribution in [0.4, 0.5) is 0 Å². The third-order valence-electron chi connectivity index (χ3n) is 12.2. The molecule has 0 aliphatic heterocycles. The van der Waals surface area contributed by atoms with Crippen LogP contribution in [0.25, 0.3) is 100 Å². The molecule has 60 heavy (non-hydrogen) atoms. The molecule has 0 bridgehead atoms. The molecule has 0 unspecified atom stereocenters. The van der Waals surface area contributed by atoms with Crippen LogP contribution in [0.1, 0.15) is 30.7 Å². The minimum Gasteiger partial charge on any atom is -0.507 e. The predicted molar refractivity (Wildman–Crippen MR) is 246 cm³/mol. The molecule has 7 aromatic carbocycles. The quantitative estimate of drug-likeness (QED) is 0.183. The molecule has 286 valence electrons. The lowest BCUT2D eigenvalue weighted by molar-refractivity contribution is 0.477. The largest absolute Gasteiger partial charge is 0.507 e. The first kappa shape index (κ1) is 35.6. The van der Waals surface area contributed by atoms with E-state index in [2.05, 4.69) is 178 Å². The highest BCUT2D eigenvalue weighted by Gasteiger charge is 2.36. The molecular formula is C56H40N2O2. The van der Waals surface area contributed by atoms with Gasteiger partial charge in [-0.05, 0) is 93.9 Å². The summed E-state index contributed by atoms with van der Waals surface area (Å²) in [7, 11) is 0. The van der Waals surface area contributed by atoms with E-state index in [-0.39, 0.29) is 11.2 Å². The number of furan rings is 1. The van der Waals surface area contributed by atoms with Gasteiger partial charge in [0, 0.05) is 49.7 Å². The average molecular weight is 773 g/mol. The van der Waals surface area contributed by atoms with Crippen LogP contribution in [0, 0.1) is 6.92 Å². The minimum absolute atomic E-state index is 0.214. The van der Waals surface area contributed by atoms with Crippen molar-refractivity contribution in [3.05, 3.63) is 199 Å². The third-order valence-corrected chi connectivity index (χ3v) is 12.2. The van der Waals surface area contributed by atoms with Gasteiger partial charge in [0.05, 0.1) is 17.1 Å². The van der Waals surface area contributed by atoms with E-state index in [1.807, 2.05) is 25.1 Å². The fraction of sp³-hybridized carbons (Fsp3) is 0.0714. The van der Waals surface area contributed by atoms with Crippen molar-refractivity contribution < 1.29 is 9.52 Å². The molecule has 0 atom stereocenters. The zero-order valence-corrected chi connectivity index (χ0v) is 33.6. The number of phenols is 1. The average Bonchev–Trinajstić information content (AvgIpc) is 3.78. The summed E-state index contributed by atoms with van der Waals surface area (Å²) in [6, 6.07) is 63.1. The van der Waals surface area contributed by atoms with Crippen LogP contribution >= 0.6 is 0 Å². The number of para-hydroxylation sites is 2. The first-order valence-electron chi connectivity index (χ1n) is 20.4. The number of phenolic OH excluding ortho intramolecular Hbond substituents is 1. The van der Waals surface area contributed by atoms with Gasteiger partial charge in [-0.2, -0.15) is 0 Å². The van der Waals surface area contributed by atoms with Crippen molar-refractivity contribution in [2.75, 3.05) is 0 Å². The van der Waals surface area contributed by atoms with Crippen molar-refractivity contribution in [1.29, 1.82) is 0 Å². The number of benzene rings is 7. The molecule has 0 saturated heterocycles. The van der Waals surface area contributed by atoms with Gasteiger partial charge in [-0.1, -0.05) is 153 Å². The fourth-order valence-corrected chi connectivity index (χ4v) is 9.26. The molecule has 0 fully saturated rings. The Morgan fingerprint density at radius 1 is 0.400 bits per heavy atom. The van der Waals surface area contributed by atoms with Crippen LogP contribution < -0.4 is 0 Å². The second-order valence-electron chi connectivity index (χ2n) is 16.4. The van der Waals surface area contributed by atoms with Gasteiger partial charge in [-0.25, -0.2) is 4.98 Å². The Balaban J connectivity index is 1.02. The minimum atomic E-state index is -0.219.